The van der Waals surface area contributed by atoms with Gasteiger partial charge in [-0.1, -0.05) is 12.1 Å². The summed E-state index contributed by atoms with van der Waals surface area (Å²) in [5, 5.41) is 18.4. The monoisotopic (exact) mass is 268 g/mol. The zero-order valence-electron chi connectivity index (χ0n) is 11.8. The largest absolute Gasteiger partial charge is 0.460 e. The minimum absolute atomic E-state index is 0.346. The molecule has 20 heavy (non-hydrogen) atoms. The lowest BCUT2D eigenvalue weighted by Gasteiger charge is -2.20. The van der Waals surface area contributed by atoms with Gasteiger partial charge in [0.15, 0.2) is 0 Å². The van der Waals surface area contributed by atoms with E-state index in [1.54, 1.807) is 45.0 Å². The van der Waals surface area contributed by atoms with Crippen molar-refractivity contribution in [3.8, 4) is 12.1 Å². The van der Waals surface area contributed by atoms with E-state index >= 15 is 0 Å². The Hall–Kier alpha value is -2.33. The van der Waals surface area contributed by atoms with Crippen LogP contribution in [0.4, 0.5) is 0 Å². The molecule has 2 atom stereocenters. The van der Waals surface area contributed by atoms with E-state index in [1.165, 1.54) is 0 Å². The summed E-state index contributed by atoms with van der Waals surface area (Å²) in [4.78, 5) is 12.1. The SMILES string of the molecule is CC(C)(C)OC(=O)C1CC1(C#N)c1cccc(C#N)c1. The van der Waals surface area contributed by atoms with Gasteiger partial charge in [-0.05, 0) is 44.9 Å². The summed E-state index contributed by atoms with van der Waals surface area (Å²) >= 11 is 0. The second-order valence-electron chi connectivity index (χ2n) is 6.07. The van der Waals surface area contributed by atoms with E-state index in [1.807, 2.05) is 6.07 Å². The average molecular weight is 268 g/mol. The standard InChI is InChI=1S/C16H16N2O2/c1-15(2,3)20-14(19)13-8-16(13,10-18)12-6-4-5-11(7-12)9-17/h4-7,13H,8H2,1-3H3. The van der Waals surface area contributed by atoms with Gasteiger partial charge in [-0.25, -0.2) is 0 Å². The van der Waals surface area contributed by atoms with Crippen LogP contribution >= 0.6 is 0 Å². The minimum atomic E-state index is -0.838. The number of nitriles is 2. The Morgan fingerprint density at radius 1 is 1.40 bits per heavy atom. The van der Waals surface area contributed by atoms with Gasteiger partial charge in [0.1, 0.15) is 5.60 Å². The third-order valence-electron chi connectivity index (χ3n) is 3.36. The van der Waals surface area contributed by atoms with Crippen LogP contribution < -0.4 is 0 Å². The number of benzene rings is 1. The molecule has 0 N–H and O–H groups in total. The van der Waals surface area contributed by atoms with Crippen molar-refractivity contribution < 1.29 is 9.53 Å². The Morgan fingerprint density at radius 2 is 2.10 bits per heavy atom. The molecule has 0 amide bonds. The maximum Gasteiger partial charge on any atom is 0.311 e. The Bertz CT molecular complexity index is 631. The number of hydrogen-bond donors (Lipinski definition) is 0. The van der Waals surface area contributed by atoms with Crippen molar-refractivity contribution in [1.29, 1.82) is 10.5 Å². The molecule has 0 heterocycles. The van der Waals surface area contributed by atoms with Crippen LogP contribution in [0.3, 0.4) is 0 Å². The molecule has 1 aliphatic carbocycles. The number of carbonyl (C=O) groups is 1. The highest BCUT2D eigenvalue weighted by atomic mass is 16.6. The smallest absolute Gasteiger partial charge is 0.311 e. The molecular weight excluding hydrogens is 252 g/mol. The summed E-state index contributed by atoms with van der Waals surface area (Å²) in [5.74, 6) is -0.790. The summed E-state index contributed by atoms with van der Waals surface area (Å²) in [7, 11) is 0. The normalized spacial score (nSPS) is 24.4. The lowest BCUT2D eigenvalue weighted by Crippen LogP contribution is -2.27. The number of ether oxygens (including phenoxy) is 1. The number of esters is 1. The van der Waals surface area contributed by atoms with E-state index in [-0.39, 0.29) is 5.97 Å². The fourth-order valence-electron chi connectivity index (χ4n) is 2.29. The van der Waals surface area contributed by atoms with Crippen LogP contribution in [0.15, 0.2) is 24.3 Å². The third-order valence-corrected chi connectivity index (χ3v) is 3.36. The Balaban J connectivity index is 2.25. The summed E-state index contributed by atoms with van der Waals surface area (Å²) in [6, 6.07) is 11.1. The van der Waals surface area contributed by atoms with Gasteiger partial charge in [-0.3, -0.25) is 4.79 Å². The van der Waals surface area contributed by atoms with Crippen molar-refractivity contribution in [3.63, 3.8) is 0 Å². The van der Waals surface area contributed by atoms with E-state index in [0.29, 0.717) is 12.0 Å². The summed E-state index contributed by atoms with van der Waals surface area (Å²) < 4.78 is 5.34. The van der Waals surface area contributed by atoms with E-state index < -0.39 is 16.9 Å². The second-order valence-corrected chi connectivity index (χ2v) is 6.07. The number of carbonyl (C=O) groups excluding carboxylic acids is 1. The van der Waals surface area contributed by atoms with Crippen molar-refractivity contribution in [2.45, 2.75) is 38.2 Å². The molecule has 0 radical (unpaired) electrons. The average Bonchev–Trinajstić information content (AvgIpc) is 3.13. The molecular formula is C16H16N2O2. The van der Waals surface area contributed by atoms with Gasteiger partial charge in [-0.15, -0.1) is 0 Å². The highest BCUT2D eigenvalue weighted by Gasteiger charge is 2.61. The first kappa shape index (κ1) is 14.1. The van der Waals surface area contributed by atoms with Crippen LogP contribution in [-0.2, 0) is 14.9 Å². The minimum Gasteiger partial charge on any atom is -0.460 e. The van der Waals surface area contributed by atoms with Crippen molar-refractivity contribution in [2.75, 3.05) is 0 Å². The van der Waals surface area contributed by atoms with E-state index in [0.717, 1.165) is 5.56 Å². The highest BCUT2D eigenvalue weighted by molar-refractivity contribution is 5.81. The van der Waals surface area contributed by atoms with Crippen molar-refractivity contribution in [2.24, 2.45) is 5.92 Å². The van der Waals surface area contributed by atoms with Gasteiger partial charge in [-0.2, -0.15) is 10.5 Å². The predicted octanol–water partition coefficient (Wildman–Crippen LogP) is 2.68. The summed E-state index contributed by atoms with van der Waals surface area (Å²) in [6.45, 7) is 5.41. The molecule has 0 saturated heterocycles. The highest BCUT2D eigenvalue weighted by Crippen LogP contribution is 2.54. The lowest BCUT2D eigenvalue weighted by molar-refractivity contribution is -0.156. The Morgan fingerprint density at radius 3 is 2.65 bits per heavy atom. The molecule has 0 spiro atoms. The topological polar surface area (TPSA) is 73.9 Å². The third kappa shape index (κ3) is 2.51. The fourth-order valence-corrected chi connectivity index (χ4v) is 2.29. The molecule has 1 aliphatic rings. The van der Waals surface area contributed by atoms with Crippen LogP contribution in [0.1, 0.15) is 38.3 Å². The number of nitrogens with zero attached hydrogens (tertiary/aromatic N) is 2. The zero-order valence-corrected chi connectivity index (χ0v) is 11.8. The molecule has 1 aromatic rings. The summed E-state index contributed by atoms with van der Waals surface area (Å²) in [5.41, 5.74) is -0.188. The van der Waals surface area contributed by atoms with Crippen LogP contribution in [0.5, 0.6) is 0 Å². The molecule has 4 heteroatoms. The van der Waals surface area contributed by atoms with Crippen molar-refractivity contribution >= 4 is 5.97 Å². The first-order chi connectivity index (χ1) is 9.32. The molecule has 2 unspecified atom stereocenters. The first-order valence-electron chi connectivity index (χ1n) is 6.47. The Kier molecular flexibility index (Phi) is 3.28. The van der Waals surface area contributed by atoms with Gasteiger partial charge in [0.25, 0.3) is 0 Å². The van der Waals surface area contributed by atoms with Crippen molar-refractivity contribution in [1.82, 2.24) is 0 Å². The molecule has 1 fully saturated rings. The van der Waals surface area contributed by atoms with Gasteiger partial charge >= 0.3 is 5.97 Å². The lowest BCUT2D eigenvalue weighted by atomic mass is 9.93. The molecule has 0 aromatic heterocycles. The molecule has 0 bridgehead atoms. The first-order valence-corrected chi connectivity index (χ1v) is 6.47. The number of rotatable bonds is 2. The van der Waals surface area contributed by atoms with E-state index in [9.17, 15) is 10.1 Å². The van der Waals surface area contributed by atoms with Gasteiger partial charge in [0.2, 0.25) is 0 Å². The van der Waals surface area contributed by atoms with E-state index in [4.69, 9.17) is 10.00 Å². The molecule has 2 rings (SSSR count). The predicted molar refractivity (Wildman–Crippen MR) is 72.4 cm³/mol. The maximum atomic E-state index is 12.1. The Labute approximate surface area is 118 Å². The molecule has 1 aromatic carbocycles. The fraction of sp³-hybridized carbons (Fsp3) is 0.438. The van der Waals surface area contributed by atoms with Crippen LogP contribution in [0.25, 0.3) is 0 Å². The molecule has 4 nitrogen and oxygen atoms in total. The molecule has 1 saturated carbocycles. The van der Waals surface area contributed by atoms with Crippen LogP contribution in [-0.4, -0.2) is 11.6 Å². The van der Waals surface area contributed by atoms with Crippen LogP contribution in [0, 0.1) is 28.6 Å². The van der Waals surface area contributed by atoms with Gasteiger partial charge in [0, 0.05) is 0 Å². The summed E-state index contributed by atoms with van der Waals surface area (Å²) in [6.07, 6.45) is 0.452. The second kappa shape index (κ2) is 4.65. The van der Waals surface area contributed by atoms with Crippen LogP contribution in [0.2, 0.25) is 0 Å². The van der Waals surface area contributed by atoms with Gasteiger partial charge < -0.3 is 4.74 Å². The molecule has 0 aliphatic heterocycles. The van der Waals surface area contributed by atoms with Gasteiger partial charge in [0.05, 0.1) is 29.0 Å². The van der Waals surface area contributed by atoms with E-state index in [2.05, 4.69) is 6.07 Å². The maximum absolute atomic E-state index is 12.1. The number of hydrogen-bond acceptors (Lipinski definition) is 4. The van der Waals surface area contributed by atoms with Crippen molar-refractivity contribution in [3.05, 3.63) is 35.4 Å². The zero-order chi connectivity index (χ0) is 15.0. The quantitative estimate of drug-likeness (QED) is 0.773. The molecule has 102 valence electrons.